The molecular weight excluding hydrogens is 577 g/mol. The first-order valence-electron chi connectivity index (χ1n) is 11.5. The normalized spacial score (nSPS) is 14.3. The average molecular weight is 603 g/mol. The van der Waals surface area contributed by atoms with Crippen LogP contribution in [0.25, 0.3) is 0 Å². The standard InChI is InChI=1S/C26H26ClF3N2O5S2/c1-25(35,26(28,29)30)23(32-24(34)20-5-3-4-6-22(20)33)19-12-11-18(15-21(19)27)39(36,37)17-9-7-16(8-10-17)31-13-14-38-2/h3-12,15,23,31,33,35H,13-14H2,1-2H3,(H,32,34). The molecule has 3 aromatic rings. The summed E-state index contributed by atoms with van der Waals surface area (Å²) >= 11 is 7.93. The van der Waals surface area contributed by atoms with Crippen molar-refractivity contribution in [3.05, 3.63) is 82.9 Å². The van der Waals surface area contributed by atoms with Crippen LogP contribution in [-0.4, -0.2) is 54.9 Å². The first-order chi connectivity index (χ1) is 18.2. The summed E-state index contributed by atoms with van der Waals surface area (Å²) in [6, 6.07) is 12.0. The smallest absolute Gasteiger partial charge is 0.419 e. The van der Waals surface area contributed by atoms with Crippen LogP contribution in [0.4, 0.5) is 18.9 Å². The predicted molar refractivity (Wildman–Crippen MR) is 145 cm³/mol. The minimum atomic E-state index is -5.22. The number of aliphatic hydroxyl groups is 1. The maximum absolute atomic E-state index is 13.9. The highest BCUT2D eigenvalue weighted by Gasteiger charge is 2.56. The second kappa shape index (κ2) is 12.1. The van der Waals surface area contributed by atoms with Crippen molar-refractivity contribution in [2.45, 2.75) is 34.5 Å². The van der Waals surface area contributed by atoms with Crippen molar-refractivity contribution in [3.8, 4) is 5.75 Å². The third-order valence-electron chi connectivity index (χ3n) is 5.95. The lowest BCUT2D eigenvalue weighted by Crippen LogP contribution is -2.53. The number of hydrogen-bond acceptors (Lipinski definition) is 7. The molecule has 7 nitrogen and oxygen atoms in total. The number of thioether (sulfide) groups is 1. The number of nitrogens with one attached hydrogen (secondary N) is 2. The fraction of sp³-hybridized carbons (Fsp3) is 0.269. The molecule has 0 saturated carbocycles. The molecule has 0 spiro atoms. The summed E-state index contributed by atoms with van der Waals surface area (Å²) in [5.74, 6) is -0.736. The second-order valence-electron chi connectivity index (χ2n) is 8.70. The van der Waals surface area contributed by atoms with Crippen LogP contribution in [0.15, 0.2) is 76.5 Å². The van der Waals surface area contributed by atoms with Gasteiger partial charge >= 0.3 is 6.18 Å². The topological polar surface area (TPSA) is 116 Å². The minimum Gasteiger partial charge on any atom is -0.507 e. The van der Waals surface area contributed by atoms with E-state index in [1.165, 1.54) is 36.4 Å². The lowest BCUT2D eigenvalue weighted by atomic mass is 9.89. The number of sulfone groups is 1. The Morgan fingerprint density at radius 2 is 1.67 bits per heavy atom. The Kier molecular flexibility index (Phi) is 9.47. The van der Waals surface area contributed by atoms with Crippen LogP contribution in [0.5, 0.6) is 5.75 Å². The van der Waals surface area contributed by atoms with E-state index in [9.17, 15) is 36.6 Å². The molecule has 0 fully saturated rings. The largest absolute Gasteiger partial charge is 0.507 e. The number of phenols is 1. The number of para-hydroxylation sites is 1. The number of benzene rings is 3. The zero-order valence-electron chi connectivity index (χ0n) is 20.8. The lowest BCUT2D eigenvalue weighted by molar-refractivity contribution is -0.263. The van der Waals surface area contributed by atoms with E-state index in [0.29, 0.717) is 19.2 Å². The van der Waals surface area contributed by atoms with Crippen LogP contribution < -0.4 is 10.6 Å². The quantitative estimate of drug-likeness (QED) is 0.229. The maximum Gasteiger partial charge on any atom is 0.419 e. The van der Waals surface area contributed by atoms with Gasteiger partial charge in [0.2, 0.25) is 9.84 Å². The Bertz CT molecular complexity index is 1430. The van der Waals surface area contributed by atoms with Crippen molar-refractivity contribution in [2.75, 3.05) is 23.9 Å². The van der Waals surface area contributed by atoms with Crippen LogP contribution in [0.1, 0.15) is 28.9 Å². The van der Waals surface area contributed by atoms with Gasteiger partial charge in [0.1, 0.15) is 5.75 Å². The summed E-state index contributed by atoms with van der Waals surface area (Å²) < 4.78 is 67.9. The van der Waals surface area contributed by atoms with Gasteiger partial charge in [0, 0.05) is 23.0 Å². The number of carbonyl (C=O) groups is 1. The SMILES string of the molecule is CSCCNc1ccc(S(=O)(=O)c2ccc(C(NC(=O)c3ccccc3O)C(C)(O)C(F)(F)F)c(Cl)c2)cc1. The number of alkyl halides is 3. The van der Waals surface area contributed by atoms with Gasteiger partial charge in [0.05, 0.1) is 21.4 Å². The fourth-order valence-corrected chi connectivity index (χ4v) is 5.60. The molecule has 0 aliphatic heterocycles. The van der Waals surface area contributed by atoms with Crippen LogP contribution in [0.3, 0.4) is 0 Å². The summed E-state index contributed by atoms with van der Waals surface area (Å²) in [4.78, 5) is 12.4. The van der Waals surface area contributed by atoms with Gasteiger partial charge in [-0.15, -0.1) is 0 Å². The van der Waals surface area contributed by atoms with Crippen molar-refractivity contribution >= 4 is 44.8 Å². The van der Waals surface area contributed by atoms with Gasteiger partial charge in [-0.2, -0.15) is 24.9 Å². The lowest BCUT2D eigenvalue weighted by Gasteiger charge is -2.36. The van der Waals surface area contributed by atoms with E-state index in [-0.39, 0.29) is 20.9 Å². The van der Waals surface area contributed by atoms with Crippen LogP contribution in [0, 0.1) is 0 Å². The maximum atomic E-state index is 13.9. The molecule has 210 valence electrons. The number of carbonyl (C=O) groups excluding carboxylic acids is 1. The Morgan fingerprint density at radius 3 is 2.23 bits per heavy atom. The van der Waals surface area contributed by atoms with Crippen molar-refractivity contribution < 1.29 is 36.6 Å². The molecule has 0 heterocycles. The molecule has 3 rings (SSSR count). The van der Waals surface area contributed by atoms with Crippen molar-refractivity contribution in [1.29, 1.82) is 0 Å². The van der Waals surface area contributed by atoms with E-state index in [1.807, 2.05) is 6.26 Å². The monoisotopic (exact) mass is 602 g/mol. The van der Waals surface area contributed by atoms with E-state index < -0.39 is 44.3 Å². The third kappa shape index (κ3) is 6.81. The molecule has 0 aliphatic rings. The number of amides is 1. The number of anilines is 1. The first kappa shape index (κ1) is 30.6. The van der Waals surface area contributed by atoms with Gasteiger partial charge in [-0.1, -0.05) is 29.8 Å². The highest BCUT2D eigenvalue weighted by Crippen LogP contribution is 2.42. The van der Waals surface area contributed by atoms with E-state index in [4.69, 9.17) is 11.6 Å². The molecule has 13 heteroatoms. The fourth-order valence-electron chi connectivity index (χ4n) is 3.65. The van der Waals surface area contributed by atoms with Crippen LogP contribution >= 0.6 is 23.4 Å². The Morgan fingerprint density at radius 1 is 1.05 bits per heavy atom. The van der Waals surface area contributed by atoms with E-state index >= 15 is 0 Å². The molecule has 0 aromatic heterocycles. The van der Waals surface area contributed by atoms with Crippen LogP contribution in [0.2, 0.25) is 5.02 Å². The third-order valence-corrected chi connectivity index (χ3v) is 8.66. The zero-order chi connectivity index (χ0) is 29.0. The molecule has 0 radical (unpaired) electrons. The highest BCUT2D eigenvalue weighted by molar-refractivity contribution is 7.98. The number of phenolic OH excluding ortho intramolecular Hbond substituents is 1. The number of aromatic hydroxyl groups is 1. The number of halogens is 4. The Balaban J connectivity index is 1.98. The molecule has 0 bridgehead atoms. The average Bonchev–Trinajstić information content (AvgIpc) is 2.87. The first-order valence-corrected chi connectivity index (χ1v) is 14.7. The Labute approximate surface area is 233 Å². The molecule has 39 heavy (non-hydrogen) atoms. The van der Waals surface area contributed by atoms with Gasteiger partial charge in [-0.25, -0.2) is 8.42 Å². The summed E-state index contributed by atoms with van der Waals surface area (Å²) in [5, 5.41) is 25.2. The van der Waals surface area contributed by atoms with Crippen molar-refractivity contribution in [2.24, 2.45) is 0 Å². The van der Waals surface area contributed by atoms with Crippen molar-refractivity contribution in [1.82, 2.24) is 5.32 Å². The molecule has 0 saturated heterocycles. The Hall–Kier alpha value is -2.93. The summed E-state index contributed by atoms with van der Waals surface area (Å²) in [6.45, 7) is 1.15. The molecule has 2 atom stereocenters. The molecule has 1 amide bonds. The molecular formula is C26H26ClF3N2O5S2. The predicted octanol–water partition coefficient (Wildman–Crippen LogP) is 5.44. The number of rotatable bonds is 10. The van der Waals surface area contributed by atoms with E-state index in [1.54, 1.807) is 23.9 Å². The van der Waals surface area contributed by atoms with Crippen LogP contribution in [-0.2, 0) is 9.84 Å². The van der Waals surface area contributed by atoms with E-state index in [2.05, 4.69) is 10.6 Å². The summed E-state index contributed by atoms with van der Waals surface area (Å²) in [7, 11) is -4.10. The van der Waals surface area contributed by atoms with Gasteiger partial charge < -0.3 is 20.8 Å². The highest BCUT2D eigenvalue weighted by atomic mass is 35.5. The van der Waals surface area contributed by atoms with Gasteiger partial charge in [-0.3, -0.25) is 4.79 Å². The van der Waals surface area contributed by atoms with Gasteiger partial charge in [0.15, 0.2) is 5.60 Å². The number of hydrogen-bond donors (Lipinski definition) is 4. The van der Waals surface area contributed by atoms with Crippen molar-refractivity contribution in [3.63, 3.8) is 0 Å². The van der Waals surface area contributed by atoms with Gasteiger partial charge in [-0.05, 0) is 67.3 Å². The zero-order valence-corrected chi connectivity index (χ0v) is 23.2. The summed E-state index contributed by atoms with van der Waals surface area (Å²) in [5.41, 5.74) is -3.51. The molecule has 4 N–H and O–H groups in total. The second-order valence-corrected chi connectivity index (χ2v) is 12.0. The van der Waals surface area contributed by atoms with Gasteiger partial charge in [0.25, 0.3) is 5.91 Å². The molecule has 2 unspecified atom stereocenters. The molecule has 0 aliphatic carbocycles. The van der Waals surface area contributed by atoms with E-state index in [0.717, 1.165) is 24.0 Å². The molecule has 3 aromatic carbocycles. The minimum absolute atomic E-state index is 0.0616. The summed E-state index contributed by atoms with van der Waals surface area (Å²) in [6.07, 6.45) is -3.26.